The lowest BCUT2D eigenvalue weighted by molar-refractivity contribution is 0.108. The van der Waals surface area contributed by atoms with Gasteiger partial charge in [-0.05, 0) is 18.6 Å². The Kier molecular flexibility index (Phi) is 5.55. The molecular formula is C15H22N2O6S. The Balaban J connectivity index is 2.27. The molecule has 0 saturated carbocycles. The van der Waals surface area contributed by atoms with Crippen molar-refractivity contribution in [3.05, 3.63) is 17.7 Å². The summed E-state index contributed by atoms with van der Waals surface area (Å²) in [6, 6.07) is 3.10. The fourth-order valence-electron chi connectivity index (χ4n) is 2.62. The average Bonchev–Trinajstić information content (AvgIpc) is 2.60. The van der Waals surface area contributed by atoms with Crippen molar-refractivity contribution in [3.63, 3.8) is 0 Å². The summed E-state index contributed by atoms with van der Waals surface area (Å²) in [6.07, 6.45) is -0.450. The van der Waals surface area contributed by atoms with Crippen molar-refractivity contribution in [3.8, 4) is 11.5 Å². The number of nitrogens with zero attached hydrogens (tertiary/aromatic N) is 2. The highest BCUT2D eigenvalue weighted by atomic mass is 32.2. The highest BCUT2D eigenvalue weighted by molar-refractivity contribution is 7.89. The first kappa shape index (κ1) is 18.3. The summed E-state index contributed by atoms with van der Waals surface area (Å²) in [5.41, 5.74) is 0.572. The molecule has 0 aliphatic carbocycles. The van der Waals surface area contributed by atoms with E-state index in [1.165, 1.54) is 36.6 Å². The van der Waals surface area contributed by atoms with Crippen molar-refractivity contribution in [1.82, 2.24) is 9.21 Å². The van der Waals surface area contributed by atoms with Crippen molar-refractivity contribution in [2.24, 2.45) is 0 Å². The van der Waals surface area contributed by atoms with Gasteiger partial charge in [-0.1, -0.05) is 0 Å². The van der Waals surface area contributed by atoms with Crippen molar-refractivity contribution in [2.45, 2.75) is 11.8 Å². The molecule has 0 bridgehead atoms. The predicted octanol–water partition coefficient (Wildman–Crippen LogP) is 1.08. The minimum atomic E-state index is -3.69. The first-order chi connectivity index (χ1) is 11.3. The van der Waals surface area contributed by atoms with Crippen LogP contribution in [-0.4, -0.2) is 71.2 Å². The number of rotatable bonds is 4. The standard InChI is InChI=1S/C15H22N2O6S/c1-11-9-12(21-2)13(22-3)10-14(11)24(19,20)17-7-5-16(6-8-17)15(18)23-4/h9-10H,5-8H2,1-4H3. The lowest BCUT2D eigenvalue weighted by Gasteiger charge is -2.33. The number of piperazine rings is 1. The van der Waals surface area contributed by atoms with Crippen molar-refractivity contribution in [2.75, 3.05) is 47.5 Å². The zero-order chi connectivity index (χ0) is 17.9. The van der Waals surface area contributed by atoms with E-state index in [2.05, 4.69) is 4.74 Å². The summed E-state index contributed by atoms with van der Waals surface area (Å²) in [6.45, 7) is 2.71. The predicted molar refractivity (Wildman–Crippen MR) is 87.0 cm³/mol. The van der Waals surface area contributed by atoms with Gasteiger partial charge in [-0.25, -0.2) is 13.2 Å². The van der Waals surface area contributed by atoms with E-state index in [1.54, 1.807) is 13.0 Å². The Labute approximate surface area is 141 Å². The number of methoxy groups -OCH3 is 3. The summed E-state index contributed by atoms with van der Waals surface area (Å²) >= 11 is 0. The Hall–Kier alpha value is -2.00. The lowest BCUT2D eigenvalue weighted by atomic mass is 10.2. The Morgan fingerprint density at radius 2 is 1.54 bits per heavy atom. The molecule has 2 rings (SSSR count). The Bertz CT molecular complexity index is 711. The van der Waals surface area contributed by atoms with Crippen molar-refractivity contribution in [1.29, 1.82) is 0 Å². The maximum Gasteiger partial charge on any atom is 0.409 e. The van der Waals surface area contributed by atoms with E-state index in [0.29, 0.717) is 17.1 Å². The second-order valence-electron chi connectivity index (χ2n) is 5.33. The zero-order valence-electron chi connectivity index (χ0n) is 14.2. The molecule has 1 aliphatic rings. The van der Waals surface area contributed by atoms with Crippen LogP contribution in [0.15, 0.2) is 17.0 Å². The molecular weight excluding hydrogens is 336 g/mol. The van der Waals surface area contributed by atoms with Crippen LogP contribution in [0.4, 0.5) is 4.79 Å². The molecule has 0 radical (unpaired) electrons. The molecule has 1 amide bonds. The van der Waals surface area contributed by atoms with Gasteiger partial charge in [0.25, 0.3) is 0 Å². The minimum absolute atomic E-state index is 0.173. The van der Waals surface area contributed by atoms with Gasteiger partial charge in [-0.15, -0.1) is 0 Å². The highest BCUT2D eigenvalue weighted by Crippen LogP contribution is 2.33. The maximum absolute atomic E-state index is 12.9. The quantitative estimate of drug-likeness (QED) is 0.801. The number of ether oxygens (including phenoxy) is 3. The molecule has 9 heteroatoms. The maximum atomic E-state index is 12.9. The summed E-state index contributed by atoms with van der Waals surface area (Å²) < 4.78 is 42.2. The molecule has 1 saturated heterocycles. The van der Waals surface area contributed by atoms with Gasteiger partial charge in [0, 0.05) is 32.2 Å². The van der Waals surface area contributed by atoms with Crippen LogP contribution in [-0.2, 0) is 14.8 Å². The molecule has 1 heterocycles. The van der Waals surface area contributed by atoms with E-state index < -0.39 is 16.1 Å². The van der Waals surface area contributed by atoms with Gasteiger partial charge >= 0.3 is 6.09 Å². The van der Waals surface area contributed by atoms with Crippen LogP contribution in [0.1, 0.15) is 5.56 Å². The van der Waals surface area contributed by atoms with Crippen molar-refractivity contribution >= 4 is 16.1 Å². The third-order valence-electron chi connectivity index (χ3n) is 3.97. The van der Waals surface area contributed by atoms with Gasteiger partial charge < -0.3 is 19.1 Å². The Morgan fingerprint density at radius 3 is 2.04 bits per heavy atom. The first-order valence-electron chi connectivity index (χ1n) is 7.40. The summed E-state index contributed by atoms with van der Waals surface area (Å²) in [5.74, 6) is 0.833. The molecule has 0 N–H and O–H groups in total. The van der Waals surface area contributed by atoms with Crippen LogP contribution in [0.3, 0.4) is 0 Å². The second kappa shape index (κ2) is 7.27. The minimum Gasteiger partial charge on any atom is -0.493 e. The molecule has 1 fully saturated rings. The summed E-state index contributed by atoms with van der Waals surface area (Å²) in [5, 5.41) is 0. The first-order valence-corrected chi connectivity index (χ1v) is 8.84. The average molecular weight is 358 g/mol. The molecule has 0 unspecified atom stereocenters. The number of carbonyl (C=O) groups is 1. The van der Waals surface area contributed by atoms with Crippen LogP contribution in [0.5, 0.6) is 11.5 Å². The number of sulfonamides is 1. The third-order valence-corrected chi connectivity index (χ3v) is 6.01. The largest absolute Gasteiger partial charge is 0.493 e. The smallest absolute Gasteiger partial charge is 0.409 e. The van der Waals surface area contributed by atoms with E-state index in [-0.39, 0.29) is 31.1 Å². The SMILES string of the molecule is COC(=O)N1CCN(S(=O)(=O)c2cc(OC)c(OC)cc2C)CC1. The van der Waals surface area contributed by atoms with Gasteiger partial charge in [-0.2, -0.15) is 4.31 Å². The van der Waals surface area contributed by atoms with E-state index in [9.17, 15) is 13.2 Å². The van der Waals surface area contributed by atoms with Crippen LogP contribution in [0, 0.1) is 6.92 Å². The lowest BCUT2D eigenvalue weighted by Crippen LogP contribution is -2.50. The molecule has 0 spiro atoms. The molecule has 134 valence electrons. The molecule has 0 atom stereocenters. The van der Waals surface area contributed by atoms with Crippen LogP contribution in [0.25, 0.3) is 0 Å². The topological polar surface area (TPSA) is 85.4 Å². The molecule has 24 heavy (non-hydrogen) atoms. The molecule has 1 aliphatic heterocycles. The number of aryl methyl sites for hydroxylation is 1. The van der Waals surface area contributed by atoms with E-state index in [4.69, 9.17) is 9.47 Å². The van der Waals surface area contributed by atoms with Gasteiger partial charge in [0.15, 0.2) is 11.5 Å². The highest BCUT2D eigenvalue weighted by Gasteiger charge is 2.32. The normalized spacial score (nSPS) is 15.9. The van der Waals surface area contributed by atoms with Gasteiger partial charge in [0.1, 0.15) is 0 Å². The Morgan fingerprint density at radius 1 is 1.00 bits per heavy atom. The number of benzene rings is 1. The van der Waals surface area contributed by atoms with E-state index in [1.807, 2.05) is 0 Å². The number of amides is 1. The van der Waals surface area contributed by atoms with Crippen LogP contribution >= 0.6 is 0 Å². The zero-order valence-corrected chi connectivity index (χ0v) is 15.1. The van der Waals surface area contributed by atoms with Gasteiger partial charge in [0.2, 0.25) is 10.0 Å². The van der Waals surface area contributed by atoms with Crippen molar-refractivity contribution < 1.29 is 27.4 Å². The second-order valence-corrected chi connectivity index (χ2v) is 7.24. The van der Waals surface area contributed by atoms with E-state index >= 15 is 0 Å². The fourth-order valence-corrected chi connectivity index (χ4v) is 4.26. The third kappa shape index (κ3) is 3.41. The number of carbonyl (C=O) groups excluding carboxylic acids is 1. The summed E-state index contributed by atoms with van der Waals surface area (Å²) in [4.78, 5) is 13.2. The molecule has 1 aromatic rings. The molecule has 0 aromatic heterocycles. The van der Waals surface area contributed by atoms with Gasteiger partial charge in [0.05, 0.1) is 26.2 Å². The monoisotopic (exact) mass is 358 g/mol. The molecule has 1 aromatic carbocycles. The van der Waals surface area contributed by atoms with Crippen LogP contribution < -0.4 is 9.47 Å². The summed E-state index contributed by atoms with van der Waals surface area (Å²) in [7, 11) is 0.571. The van der Waals surface area contributed by atoms with E-state index in [0.717, 1.165) is 0 Å². The van der Waals surface area contributed by atoms with Crippen LogP contribution in [0.2, 0.25) is 0 Å². The number of hydrogen-bond acceptors (Lipinski definition) is 6. The molecule has 8 nitrogen and oxygen atoms in total. The van der Waals surface area contributed by atoms with Gasteiger partial charge in [-0.3, -0.25) is 0 Å². The fraction of sp³-hybridized carbons (Fsp3) is 0.533. The number of hydrogen-bond donors (Lipinski definition) is 0.